The predicted octanol–water partition coefficient (Wildman–Crippen LogP) is 4.14. The maximum Gasteiger partial charge on any atom is 0.265 e. The second-order valence-corrected chi connectivity index (χ2v) is 7.81. The maximum absolute atomic E-state index is 12.5. The molecule has 0 spiro atoms. The van der Waals surface area contributed by atoms with Crippen LogP contribution in [0.4, 0.5) is 5.82 Å². The van der Waals surface area contributed by atoms with Gasteiger partial charge in [0.2, 0.25) is 0 Å². The molecule has 0 radical (unpaired) electrons. The van der Waals surface area contributed by atoms with Crippen LogP contribution in [-0.4, -0.2) is 16.5 Å². The van der Waals surface area contributed by atoms with Crippen LogP contribution >= 0.6 is 23.6 Å². The lowest BCUT2D eigenvalue weighted by Gasteiger charge is -2.12. The molecule has 0 aliphatic heterocycles. The highest BCUT2D eigenvalue weighted by Gasteiger charge is 2.23. The summed E-state index contributed by atoms with van der Waals surface area (Å²) in [7, 11) is 0. The number of nitrogens with two attached hydrogens (primary N) is 1. The average Bonchev–Trinajstić information content (AvgIpc) is 3.10. The molecule has 3 N–H and O–H groups in total. The van der Waals surface area contributed by atoms with Crippen LogP contribution in [0, 0.1) is 17.8 Å². The molecular weight excluding hydrogens is 326 g/mol. The van der Waals surface area contributed by atoms with Gasteiger partial charge in [0.05, 0.1) is 5.69 Å². The molecule has 3 rings (SSSR count). The number of nitrogens with one attached hydrogen (secondary N) is 1. The van der Waals surface area contributed by atoms with Gasteiger partial charge < -0.3 is 11.1 Å². The molecule has 1 saturated carbocycles. The summed E-state index contributed by atoms with van der Waals surface area (Å²) >= 11 is 6.75. The second kappa shape index (κ2) is 6.45. The standard InChI is InChI=1S/C17H21N3OS2/c1-10-7-8-11(2)13(9-10)20-15(18)14(23-17(20)22)16(21)19-12-5-3-4-6-12/h7-9,12H,3-6,18H2,1-2H3,(H,19,21). The molecule has 1 aromatic heterocycles. The van der Waals surface area contributed by atoms with E-state index in [1.54, 1.807) is 0 Å². The van der Waals surface area contributed by atoms with Crippen molar-refractivity contribution < 1.29 is 4.79 Å². The second-order valence-electron chi connectivity index (χ2n) is 6.16. The molecule has 0 atom stereocenters. The van der Waals surface area contributed by atoms with Crippen LogP contribution in [0.5, 0.6) is 0 Å². The van der Waals surface area contributed by atoms with Crippen molar-refractivity contribution in [2.45, 2.75) is 45.6 Å². The lowest BCUT2D eigenvalue weighted by atomic mass is 10.1. The number of thiazole rings is 1. The van der Waals surface area contributed by atoms with Gasteiger partial charge in [-0.1, -0.05) is 36.3 Å². The Morgan fingerprint density at radius 3 is 2.74 bits per heavy atom. The minimum Gasteiger partial charge on any atom is -0.383 e. The fourth-order valence-corrected chi connectivity index (χ4v) is 4.31. The number of hydrogen-bond donors (Lipinski definition) is 2. The van der Waals surface area contributed by atoms with E-state index in [4.69, 9.17) is 18.0 Å². The van der Waals surface area contributed by atoms with Crippen molar-refractivity contribution in [2.75, 3.05) is 5.73 Å². The van der Waals surface area contributed by atoms with Crippen LogP contribution in [0.3, 0.4) is 0 Å². The van der Waals surface area contributed by atoms with E-state index in [9.17, 15) is 4.79 Å². The van der Waals surface area contributed by atoms with Crippen molar-refractivity contribution in [1.82, 2.24) is 9.88 Å². The summed E-state index contributed by atoms with van der Waals surface area (Å²) in [5.74, 6) is 0.332. The van der Waals surface area contributed by atoms with Gasteiger partial charge >= 0.3 is 0 Å². The van der Waals surface area contributed by atoms with Crippen LogP contribution < -0.4 is 11.1 Å². The molecule has 1 aromatic carbocycles. The Kier molecular flexibility index (Phi) is 4.55. The zero-order valence-electron chi connectivity index (χ0n) is 13.4. The number of amides is 1. The van der Waals surface area contributed by atoms with Crippen molar-refractivity contribution in [3.05, 3.63) is 38.2 Å². The highest BCUT2D eigenvalue weighted by molar-refractivity contribution is 7.73. The zero-order chi connectivity index (χ0) is 16.6. The third-order valence-corrected chi connectivity index (χ3v) is 5.74. The first-order chi connectivity index (χ1) is 11.0. The fourth-order valence-electron chi connectivity index (χ4n) is 3.06. The van der Waals surface area contributed by atoms with Crippen LogP contribution in [0.25, 0.3) is 5.69 Å². The van der Waals surface area contributed by atoms with Gasteiger partial charge in [-0.2, -0.15) is 0 Å². The summed E-state index contributed by atoms with van der Waals surface area (Å²) in [5, 5.41) is 3.09. The number of carbonyl (C=O) groups is 1. The molecule has 4 nitrogen and oxygen atoms in total. The van der Waals surface area contributed by atoms with E-state index < -0.39 is 0 Å². The summed E-state index contributed by atoms with van der Waals surface area (Å²) in [6.07, 6.45) is 4.46. The molecular formula is C17H21N3OS2. The monoisotopic (exact) mass is 347 g/mol. The van der Waals surface area contributed by atoms with Crippen LogP contribution in [0.2, 0.25) is 0 Å². The minimum absolute atomic E-state index is 0.102. The van der Waals surface area contributed by atoms with Gasteiger partial charge in [0.15, 0.2) is 3.95 Å². The molecule has 1 aliphatic rings. The van der Waals surface area contributed by atoms with E-state index in [0.717, 1.165) is 29.7 Å². The molecule has 0 bridgehead atoms. The summed E-state index contributed by atoms with van der Waals surface area (Å²) in [6, 6.07) is 6.42. The van der Waals surface area contributed by atoms with Crippen LogP contribution in [-0.2, 0) is 0 Å². The number of carbonyl (C=O) groups excluding carboxylic acids is 1. The van der Waals surface area contributed by atoms with Crippen molar-refractivity contribution in [3.63, 3.8) is 0 Å². The lowest BCUT2D eigenvalue weighted by molar-refractivity contribution is 0.0942. The molecule has 122 valence electrons. The van der Waals surface area contributed by atoms with E-state index >= 15 is 0 Å². The first kappa shape index (κ1) is 16.2. The van der Waals surface area contributed by atoms with Crippen molar-refractivity contribution in [2.24, 2.45) is 0 Å². The number of hydrogen-bond acceptors (Lipinski definition) is 4. The molecule has 1 fully saturated rings. The Balaban J connectivity index is 1.97. The average molecular weight is 348 g/mol. The Labute approximate surface area is 145 Å². The molecule has 0 saturated heterocycles. The quantitative estimate of drug-likeness (QED) is 0.820. The first-order valence-corrected chi connectivity index (χ1v) is 9.09. The van der Waals surface area contributed by atoms with Crippen LogP contribution in [0.15, 0.2) is 18.2 Å². The number of aromatic nitrogens is 1. The van der Waals surface area contributed by atoms with Crippen molar-refractivity contribution >= 4 is 35.3 Å². The number of anilines is 1. The third kappa shape index (κ3) is 3.19. The highest BCUT2D eigenvalue weighted by Crippen LogP contribution is 2.29. The largest absolute Gasteiger partial charge is 0.383 e. The topological polar surface area (TPSA) is 60.0 Å². The molecule has 1 heterocycles. The zero-order valence-corrected chi connectivity index (χ0v) is 15.0. The van der Waals surface area contributed by atoms with E-state index in [2.05, 4.69) is 11.4 Å². The van der Waals surface area contributed by atoms with Gasteiger partial charge in [-0.25, -0.2) is 0 Å². The van der Waals surface area contributed by atoms with E-state index in [1.165, 1.54) is 24.2 Å². The number of rotatable bonds is 3. The highest BCUT2D eigenvalue weighted by atomic mass is 32.1. The molecule has 0 unspecified atom stereocenters. The summed E-state index contributed by atoms with van der Waals surface area (Å²) in [4.78, 5) is 13.0. The van der Waals surface area contributed by atoms with Gasteiger partial charge in [0, 0.05) is 6.04 Å². The molecule has 1 amide bonds. The Bertz CT molecular complexity index is 801. The predicted molar refractivity (Wildman–Crippen MR) is 98.1 cm³/mol. The number of nitrogens with zero attached hydrogens (tertiary/aromatic N) is 1. The minimum atomic E-state index is -0.102. The molecule has 6 heteroatoms. The van der Waals surface area contributed by atoms with Crippen molar-refractivity contribution in [3.8, 4) is 5.69 Å². The van der Waals surface area contributed by atoms with E-state index in [0.29, 0.717) is 14.6 Å². The van der Waals surface area contributed by atoms with Gasteiger partial charge in [-0.3, -0.25) is 9.36 Å². The molecule has 2 aromatic rings. The summed E-state index contributed by atoms with van der Waals surface area (Å²) in [6.45, 7) is 4.05. The van der Waals surface area contributed by atoms with Crippen LogP contribution in [0.1, 0.15) is 46.5 Å². The summed E-state index contributed by atoms with van der Waals surface area (Å²) < 4.78 is 2.42. The number of benzene rings is 1. The van der Waals surface area contributed by atoms with Gasteiger partial charge in [0.1, 0.15) is 10.7 Å². The van der Waals surface area contributed by atoms with Crippen molar-refractivity contribution in [1.29, 1.82) is 0 Å². The Morgan fingerprint density at radius 2 is 2.04 bits per heavy atom. The Hall–Kier alpha value is -1.66. The normalized spacial score (nSPS) is 15.0. The first-order valence-electron chi connectivity index (χ1n) is 7.87. The van der Waals surface area contributed by atoms with Gasteiger partial charge in [0.25, 0.3) is 5.91 Å². The van der Waals surface area contributed by atoms with Gasteiger partial charge in [-0.05, 0) is 56.1 Å². The number of nitrogen functional groups attached to an aromatic ring is 1. The summed E-state index contributed by atoms with van der Waals surface area (Å²) in [5.41, 5.74) is 9.44. The smallest absolute Gasteiger partial charge is 0.265 e. The molecule has 1 aliphatic carbocycles. The van der Waals surface area contributed by atoms with E-state index in [1.807, 2.05) is 30.5 Å². The number of aryl methyl sites for hydroxylation is 2. The molecule has 23 heavy (non-hydrogen) atoms. The SMILES string of the molecule is Cc1ccc(C)c(-n2c(N)c(C(=O)NC3CCCC3)sc2=S)c1. The Morgan fingerprint density at radius 1 is 1.35 bits per heavy atom. The maximum atomic E-state index is 12.5. The van der Waals surface area contributed by atoms with Gasteiger partial charge in [-0.15, -0.1) is 0 Å². The fraction of sp³-hybridized carbons (Fsp3) is 0.412. The third-order valence-electron chi connectivity index (χ3n) is 4.35. The lowest BCUT2D eigenvalue weighted by Crippen LogP contribution is -2.32. The van der Waals surface area contributed by atoms with E-state index in [-0.39, 0.29) is 11.9 Å².